The van der Waals surface area contributed by atoms with Gasteiger partial charge in [-0.2, -0.15) is 5.26 Å². The lowest BCUT2D eigenvalue weighted by atomic mass is 9.95. The summed E-state index contributed by atoms with van der Waals surface area (Å²) < 4.78 is 12.9. The quantitative estimate of drug-likeness (QED) is 0.749. The topological polar surface area (TPSA) is 52.9 Å². The maximum absolute atomic E-state index is 12.9. The molecule has 0 bridgehead atoms. The van der Waals surface area contributed by atoms with Gasteiger partial charge in [0.2, 0.25) is 0 Å². The summed E-state index contributed by atoms with van der Waals surface area (Å²) in [5, 5.41) is 12.2. The number of benzene rings is 3. The first-order chi connectivity index (χ1) is 12.7. The number of carbonyl (C=O) groups excluding carboxylic acids is 1. The minimum Gasteiger partial charge on any atom is -0.352 e. The van der Waals surface area contributed by atoms with Gasteiger partial charge >= 0.3 is 0 Å². The van der Waals surface area contributed by atoms with Crippen molar-refractivity contribution in [1.82, 2.24) is 5.32 Å². The van der Waals surface area contributed by atoms with E-state index in [1.165, 1.54) is 12.1 Å². The van der Waals surface area contributed by atoms with Gasteiger partial charge in [-0.3, -0.25) is 4.79 Å². The van der Waals surface area contributed by atoms with Crippen LogP contribution in [0, 0.1) is 17.1 Å². The highest BCUT2D eigenvalue weighted by molar-refractivity contribution is 6.01. The number of nitrogens with one attached hydrogen (secondary N) is 1. The molecule has 0 spiro atoms. The summed E-state index contributed by atoms with van der Waals surface area (Å²) >= 11 is 0. The first-order valence-corrected chi connectivity index (χ1v) is 8.30. The van der Waals surface area contributed by atoms with E-state index in [1.807, 2.05) is 24.3 Å². The van der Waals surface area contributed by atoms with Crippen molar-refractivity contribution < 1.29 is 9.18 Å². The van der Waals surface area contributed by atoms with E-state index in [9.17, 15) is 14.4 Å². The first-order valence-electron chi connectivity index (χ1n) is 8.30. The molecule has 0 aliphatic heterocycles. The molecule has 3 nitrogen and oxygen atoms in total. The Morgan fingerprint density at radius 3 is 2.31 bits per heavy atom. The Morgan fingerprint density at radius 1 is 0.923 bits per heavy atom. The molecule has 4 heteroatoms. The molecule has 0 aliphatic rings. The molecule has 0 aliphatic carbocycles. The van der Waals surface area contributed by atoms with E-state index in [0.717, 1.165) is 16.7 Å². The van der Waals surface area contributed by atoms with Gasteiger partial charge in [0.15, 0.2) is 0 Å². The van der Waals surface area contributed by atoms with Gasteiger partial charge in [0.05, 0.1) is 11.6 Å². The Hall–Kier alpha value is -3.45. The smallest absolute Gasteiger partial charge is 0.251 e. The second kappa shape index (κ2) is 8.09. The molecule has 3 aromatic carbocycles. The van der Waals surface area contributed by atoms with E-state index in [0.29, 0.717) is 24.1 Å². The monoisotopic (exact) mass is 344 g/mol. The standard InChI is InChI=1S/C22H17FN2O/c23-18-11-9-16(10-12-18)13-14-25-22(26)21-8-4-3-7-20(21)19-6-2-1-5-17(19)15-24/h1-12H,13-14H2,(H,25,26). The van der Waals surface area contributed by atoms with Crippen LogP contribution in [0.25, 0.3) is 11.1 Å². The van der Waals surface area contributed by atoms with Crippen molar-refractivity contribution in [2.75, 3.05) is 6.54 Å². The van der Waals surface area contributed by atoms with Gasteiger partial charge in [-0.25, -0.2) is 4.39 Å². The maximum Gasteiger partial charge on any atom is 0.251 e. The predicted octanol–water partition coefficient (Wildman–Crippen LogP) is 4.34. The molecule has 0 fully saturated rings. The van der Waals surface area contributed by atoms with E-state index in [2.05, 4.69) is 11.4 Å². The minimum atomic E-state index is -0.275. The Labute approximate surface area is 151 Å². The van der Waals surface area contributed by atoms with E-state index in [4.69, 9.17) is 0 Å². The normalized spacial score (nSPS) is 10.2. The Morgan fingerprint density at radius 2 is 1.58 bits per heavy atom. The van der Waals surface area contributed by atoms with Crippen LogP contribution in [0.5, 0.6) is 0 Å². The molecular formula is C22H17FN2O. The van der Waals surface area contributed by atoms with E-state index < -0.39 is 0 Å². The number of nitrogens with zero attached hydrogens (tertiary/aromatic N) is 1. The summed E-state index contributed by atoms with van der Waals surface area (Å²) in [6, 6.07) is 22.8. The van der Waals surface area contributed by atoms with Crippen molar-refractivity contribution >= 4 is 5.91 Å². The van der Waals surface area contributed by atoms with Gasteiger partial charge in [0, 0.05) is 17.7 Å². The number of nitriles is 1. The molecule has 0 saturated heterocycles. The fourth-order valence-corrected chi connectivity index (χ4v) is 2.80. The van der Waals surface area contributed by atoms with Crippen LogP contribution in [0.4, 0.5) is 4.39 Å². The number of hydrogen-bond acceptors (Lipinski definition) is 2. The van der Waals surface area contributed by atoms with Gasteiger partial charge < -0.3 is 5.32 Å². The maximum atomic E-state index is 12.9. The van der Waals surface area contributed by atoms with Crippen molar-refractivity contribution in [3.63, 3.8) is 0 Å². The van der Waals surface area contributed by atoms with Crippen LogP contribution >= 0.6 is 0 Å². The summed E-state index contributed by atoms with van der Waals surface area (Å²) in [6.07, 6.45) is 0.614. The zero-order chi connectivity index (χ0) is 18.4. The summed E-state index contributed by atoms with van der Waals surface area (Å²) in [4.78, 5) is 12.6. The molecular weight excluding hydrogens is 327 g/mol. The van der Waals surface area contributed by atoms with Gasteiger partial charge in [0.1, 0.15) is 5.82 Å². The average Bonchev–Trinajstić information content (AvgIpc) is 2.69. The second-order valence-electron chi connectivity index (χ2n) is 5.84. The van der Waals surface area contributed by atoms with Gasteiger partial charge in [-0.1, -0.05) is 48.5 Å². The van der Waals surface area contributed by atoms with Crippen LogP contribution in [0.1, 0.15) is 21.5 Å². The third-order valence-electron chi connectivity index (χ3n) is 4.12. The van der Waals surface area contributed by atoms with Crippen molar-refractivity contribution in [3.05, 3.63) is 95.3 Å². The van der Waals surface area contributed by atoms with Crippen LogP contribution in [-0.4, -0.2) is 12.5 Å². The van der Waals surface area contributed by atoms with Crippen molar-refractivity contribution in [2.45, 2.75) is 6.42 Å². The highest BCUT2D eigenvalue weighted by Gasteiger charge is 2.14. The van der Waals surface area contributed by atoms with Crippen molar-refractivity contribution in [1.29, 1.82) is 5.26 Å². The zero-order valence-corrected chi connectivity index (χ0v) is 14.1. The Bertz CT molecular complexity index is 958. The average molecular weight is 344 g/mol. The molecule has 3 aromatic rings. The molecule has 1 N–H and O–H groups in total. The summed E-state index contributed by atoms with van der Waals surface area (Å²) in [5.74, 6) is -0.474. The molecule has 3 rings (SSSR count). The zero-order valence-electron chi connectivity index (χ0n) is 14.1. The largest absolute Gasteiger partial charge is 0.352 e. The molecule has 26 heavy (non-hydrogen) atoms. The third-order valence-corrected chi connectivity index (χ3v) is 4.12. The Balaban J connectivity index is 1.76. The lowest BCUT2D eigenvalue weighted by Gasteiger charge is -2.11. The fraction of sp³-hybridized carbons (Fsp3) is 0.0909. The minimum absolute atomic E-state index is 0.199. The van der Waals surface area contributed by atoms with Gasteiger partial charge in [0.25, 0.3) is 5.91 Å². The lowest BCUT2D eigenvalue weighted by molar-refractivity contribution is 0.0955. The van der Waals surface area contributed by atoms with Crippen molar-refractivity contribution in [3.8, 4) is 17.2 Å². The van der Waals surface area contributed by atoms with E-state index >= 15 is 0 Å². The van der Waals surface area contributed by atoms with Crippen molar-refractivity contribution in [2.24, 2.45) is 0 Å². The lowest BCUT2D eigenvalue weighted by Crippen LogP contribution is -2.26. The first kappa shape index (κ1) is 17.4. The van der Waals surface area contributed by atoms with Crippen LogP contribution in [-0.2, 0) is 6.42 Å². The molecule has 0 radical (unpaired) electrons. The second-order valence-corrected chi connectivity index (χ2v) is 5.84. The summed E-state index contributed by atoms with van der Waals surface area (Å²) in [6.45, 7) is 0.443. The molecule has 0 saturated carbocycles. The Kier molecular flexibility index (Phi) is 5.40. The molecule has 1 amide bonds. The highest BCUT2D eigenvalue weighted by atomic mass is 19.1. The van der Waals surface area contributed by atoms with Gasteiger partial charge in [-0.05, 0) is 41.8 Å². The van der Waals surface area contributed by atoms with Gasteiger partial charge in [-0.15, -0.1) is 0 Å². The van der Waals surface area contributed by atoms with Crippen LogP contribution < -0.4 is 5.32 Å². The van der Waals surface area contributed by atoms with Crippen LogP contribution in [0.3, 0.4) is 0 Å². The number of rotatable bonds is 5. The van der Waals surface area contributed by atoms with E-state index in [-0.39, 0.29) is 11.7 Å². The number of halogens is 1. The number of amides is 1. The third kappa shape index (κ3) is 3.96. The molecule has 0 aromatic heterocycles. The predicted molar refractivity (Wildman–Crippen MR) is 99.0 cm³/mol. The number of hydrogen-bond donors (Lipinski definition) is 1. The summed E-state index contributed by atoms with van der Waals surface area (Å²) in [5.41, 5.74) is 3.46. The molecule has 0 atom stereocenters. The summed E-state index contributed by atoms with van der Waals surface area (Å²) in [7, 11) is 0. The SMILES string of the molecule is N#Cc1ccccc1-c1ccccc1C(=O)NCCc1ccc(F)cc1. The van der Waals surface area contributed by atoms with Crippen LogP contribution in [0.15, 0.2) is 72.8 Å². The highest BCUT2D eigenvalue weighted by Crippen LogP contribution is 2.26. The van der Waals surface area contributed by atoms with Crippen LogP contribution in [0.2, 0.25) is 0 Å². The fourth-order valence-electron chi connectivity index (χ4n) is 2.80. The number of carbonyl (C=O) groups is 1. The molecule has 0 heterocycles. The molecule has 128 valence electrons. The van der Waals surface area contributed by atoms with E-state index in [1.54, 1.807) is 36.4 Å². The molecule has 0 unspecified atom stereocenters.